The van der Waals surface area contributed by atoms with Crippen molar-refractivity contribution in [1.82, 2.24) is 19.9 Å². The summed E-state index contributed by atoms with van der Waals surface area (Å²) in [5, 5.41) is 18.9. The Kier molecular flexibility index (Phi) is 7.17. The number of hydrogen-bond acceptors (Lipinski definition) is 5. The van der Waals surface area contributed by atoms with Crippen molar-refractivity contribution in [2.45, 2.75) is 31.6 Å². The van der Waals surface area contributed by atoms with Gasteiger partial charge in [0.1, 0.15) is 0 Å². The van der Waals surface area contributed by atoms with Crippen LogP contribution >= 0.6 is 0 Å². The zero-order valence-electron chi connectivity index (χ0n) is 14.9. The molecular weight excluding hydrogens is 363 g/mol. The van der Waals surface area contributed by atoms with Crippen LogP contribution in [0.25, 0.3) is 0 Å². The number of aryl methyl sites for hydroxylation is 1. The molecule has 0 spiro atoms. The summed E-state index contributed by atoms with van der Waals surface area (Å²) in [7, 11) is 1.84. The Balaban J connectivity index is 0.000000321. The molecule has 7 nitrogen and oxygen atoms in total. The molecule has 1 aliphatic rings. The van der Waals surface area contributed by atoms with E-state index >= 15 is 0 Å². The first-order valence-corrected chi connectivity index (χ1v) is 8.43. The van der Waals surface area contributed by atoms with Crippen molar-refractivity contribution in [2.75, 3.05) is 18.4 Å². The molecule has 1 aromatic carbocycles. The molecule has 1 aliphatic heterocycles. The van der Waals surface area contributed by atoms with Crippen molar-refractivity contribution < 1.29 is 23.1 Å². The summed E-state index contributed by atoms with van der Waals surface area (Å²) in [5.74, 6) is -1.87. The van der Waals surface area contributed by atoms with Crippen LogP contribution in [0.4, 0.5) is 19.0 Å². The molecule has 0 radical (unpaired) electrons. The summed E-state index contributed by atoms with van der Waals surface area (Å²) in [6.45, 7) is 3.32. The van der Waals surface area contributed by atoms with Crippen molar-refractivity contribution in [3.8, 4) is 0 Å². The van der Waals surface area contributed by atoms with E-state index < -0.39 is 12.1 Å². The molecule has 0 unspecified atom stereocenters. The topological polar surface area (TPSA) is 83.3 Å². The van der Waals surface area contributed by atoms with Crippen LogP contribution in [0.3, 0.4) is 0 Å². The number of carboxylic acids is 1. The number of hydrogen-bond donors (Lipinski definition) is 2. The highest BCUT2D eigenvalue weighted by atomic mass is 19.4. The van der Waals surface area contributed by atoms with Gasteiger partial charge in [-0.1, -0.05) is 30.3 Å². The number of alkyl halides is 3. The molecule has 2 heterocycles. The molecule has 2 aromatic rings. The van der Waals surface area contributed by atoms with Gasteiger partial charge in [-0.25, -0.2) is 4.79 Å². The number of likely N-dealkylation sites (tertiary alicyclic amines) is 1. The predicted octanol–water partition coefficient (Wildman–Crippen LogP) is 2.52. The van der Waals surface area contributed by atoms with E-state index in [-0.39, 0.29) is 0 Å². The summed E-state index contributed by atoms with van der Waals surface area (Å²) in [5.41, 5.74) is 1.40. The largest absolute Gasteiger partial charge is 0.490 e. The van der Waals surface area contributed by atoms with Crippen LogP contribution in [-0.4, -0.2) is 56.3 Å². The SMILES string of the molecule is Cn1ncc(NC2CCN(Cc3ccccc3)CC2)n1.O=C(O)C(F)(F)F. The summed E-state index contributed by atoms with van der Waals surface area (Å²) in [6.07, 6.45) is -0.983. The predicted molar refractivity (Wildman–Crippen MR) is 93.1 cm³/mol. The summed E-state index contributed by atoms with van der Waals surface area (Å²) < 4.78 is 31.7. The number of nitrogens with zero attached hydrogens (tertiary/aromatic N) is 4. The van der Waals surface area contributed by atoms with Gasteiger partial charge in [0.05, 0.1) is 6.20 Å². The molecule has 0 atom stereocenters. The van der Waals surface area contributed by atoms with Crippen LogP contribution in [0.2, 0.25) is 0 Å². The highest BCUT2D eigenvalue weighted by Crippen LogP contribution is 2.16. The van der Waals surface area contributed by atoms with Gasteiger partial charge in [-0.15, -0.1) is 5.10 Å². The number of carbonyl (C=O) groups is 1. The van der Waals surface area contributed by atoms with E-state index in [9.17, 15) is 13.2 Å². The molecule has 1 fully saturated rings. The van der Waals surface area contributed by atoms with Gasteiger partial charge in [0.25, 0.3) is 0 Å². The summed E-state index contributed by atoms with van der Waals surface area (Å²) in [4.78, 5) is 13.0. The van der Waals surface area contributed by atoms with Gasteiger partial charge in [0.2, 0.25) is 0 Å². The zero-order chi connectivity index (χ0) is 19.9. The molecule has 0 aliphatic carbocycles. The molecule has 1 aromatic heterocycles. The van der Waals surface area contributed by atoms with Crippen LogP contribution in [0.1, 0.15) is 18.4 Å². The minimum Gasteiger partial charge on any atom is -0.475 e. The Morgan fingerprint density at radius 1 is 1.26 bits per heavy atom. The number of piperidine rings is 1. The Labute approximate surface area is 154 Å². The first-order valence-electron chi connectivity index (χ1n) is 8.43. The second kappa shape index (κ2) is 9.36. The minimum absolute atomic E-state index is 0.513. The second-order valence-corrected chi connectivity index (χ2v) is 6.20. The third-order valence-corrected chi connectivity index (χ3v) is 4.03. The van der Waals surface area contributed by atoms with Gasteiger partial charge < -0.3 is 10.4 Å². The second-order valence-electron chi connectivity index (χ2n) is 6.20. The molecule has 148 valence electrons. The zero-order valence-corrected chi connectivity index (χ0v) is 14.9. The molecule has 0 saturated carbocycles. The van der Waals surface area contributed by atoms with E-state index in [0.717, 1.165) is 38.3 Å². The number of aromatic nitrogens is 3. The molecule has 0 bridgehead atoms. The molecule has 3 rings (SSSR count). The molecule has 0 amide bonds. The number of nitrogens with one attached hydrogen (secondary N) is 1. The first-order chi connectivity index (χ1) is 12.7. The van der Waals surface area contributed by atoms with Crippen molar-refractivity contribution in [2.24, 2.45) is 7.05 Å². The lowest BCUT2D eigenvalue weighted by molar-refractivity contribution is -0.192. The van der Waals surface area contributed by atoms with Crippen LogP contribution in [-0.2, 0) is 18.4 Å². The maximum Gasteiger partial charge on any atom is 0.490 e. The third-order valence-electron chi connectivity index (χ3n) is 4.03. The minimum atomic E-state index is -5.08. The maximum absolute atomic E-state index is 10.6. The number of anilines is 1. The Bertz CT molecular complexity index is 713. The number of halogens is 3. The number of rotatable bonds is 4. The average Bonchev–Trinajstić information content (AvgIpc) is 3.02. The smallest absolute Gasteiger partial charge is 0.475 e. The average molecular weight is 385 g/mol. The number of benzene rings is 1. The monoisotopic (exact) mass is 385 g/mol. The number of aliphatic carboxylic acids is 1. The Morgan fingerprint density at radius 3 is 2.33 bits per heavy atom. The van der Waals surface area contributed by atoms with Gasteiger partial charge >= 0.3 is 12.1 Å². The van der Waals surface area contributed by atoms with E-state index in [0.29, 0.717) is 6.04 Å². The van der Waals surface area contributed by atoms with Crippen molar-refractivity contribution in [3.05, 3.63) is 42.1 Å². The van der Waals surface area contributed by atoms with Gasteiger partial charge in [-0.3, -0.25) is 4.90 Å². The van der Waals surface area contributed by atoms with E-state index in [1.54, 1.807) is 11.0 Å². The molecule has 2 N–H and O–H groups in total. The quantitative estimate of drug-likeness (QED) is 0.842. The van der Waals surface area contributed by atoms with E-state index in [2.05, 4.69) is 50.7 Å². The lowest BCUT2D eigenvalue weighted by Gasteiger charge is -2.32. The molecule has 1 saturated heterocycles. The fourth-order valence-corrected chi connectivity index (χ4v) is 2.70. The van der Waals surface area contributed by atoms with Crippen molar-refractivity contribution in [3.63, 3.8) is 0 Å². The van der Waals surface area contributed by atoms with Gasteiger partial charge in [-0.05, 0) is 18.4 Å². The van der Waals surface area contributed by atoms with E-state index in [1.807, 2.05) is 7.05 Å². The highest BCUT2D eigenvalue weighted by molar-refractivity contribution is 5.73. The van der Waals surface area contributed by atoms with Crippen LogP contribution < -0.4 is 5.32 Å². The highest BCUT2D eigenvalue weighted by Gasteiger charge is 2.38. The van der Waals surface area contributed by atoms with E-state index in [1.165, 1.54) is 5.56 Å². The Hall–Kier alpha value is -2.62. The molecular formula is C17H22F3N5O2. The van der Waals surface area contributed by atoms with E-state index in [4.69, 9.17) is 9.90 Å². The normalized spacial score (nSPS) is 15.7. The van der Waals surface area contributed by atoms with Gasteiger partial charge in [0.15, 0.2) is 5.82 Å². The number of carboxylic acid groups (broad SMARTS) is 1. The van der Waals surface area contributed by atoms with Crippen LogP contribution in [0.5, 0.6) is 0 Å². The molecule has 27 heavy (non-hydrogen) atoms. The summed E-state index contributed by atoms with van der Waals surface area (Å²) >= 11 is 0. The van der Waals surface area contributed by atoms with Crippen LogP contribution in [0.15, 0.2) is 36.5 Å². The van der Waals surface area contributed by atoms with Gasteiger partial charge in [0, 0.05) is 32.7 Å². The Morgan fingerprint density at radius 2 is 1.85 bits per heavy atom. The van der Waals surface area contributed by atoms with Crippen molar-refractivity contribution in [1.29, 1.82) is 0 Å². The fourth-order valence-electron chi connectivity index (χ4n) is 2.70. The lowest BCUT2D eigenvalue weighted by Crippen LogP contribution is -2.38. The maximum atomic E-state index is 10.6. The fraction of sp³-hybridized carbons (Fsp3) is 0.471. The van der Waals surface area contributed by atoms with Gasteiger partial charge in [-0.2, -0.15) is 23.1 Å². The van der Waals surface area contributed by atoms with Crippen LogP contribution in [0, 0.1) is 0 Å². The first kappa shape index (κ1) is 20.7. The molecule has 10 heteroatoms. The lowest BCUT2D eigenvalue weighted by atomic mass is 10.0. The van der Waals surface area contributed by atoms with Crippen molar-refractivity contribution >= 4 is 11.8 Å². The summed E-state index contributed by atoms with van der Waals surface area (Å²) in [6, 6.07) is 11.2. The standard InChI is InChI=1S/C15H21N5.C2HF3O2/c1-19-16-11-15(18-19)17-14-7-9-20(10-8-14)12-13-5-3-2-4-6-13;3-2(4,5)1(6)7/h2-6,11,14H,7-10,12H2,1H3,(H,17,18);(H,6,7). The third kappa shape index (κ3) is 7.26.